The molecule has 0 unspecified atom stereocenters. The third-order valence-electron chi connectivity index (χ3n) is 2.96. The van der Waals surface area contributed by atoms with Crippen LogP contribution < -0.4 is 11.1 Å². The molecule has 2 rings (SSSR count). The molecule has 0 atom stereocenters. The minimum absolute atomic E-state index is 0.0966. The molecule has 1 heterocycles. The standard InChI is InChI=1S/C12H13F3N2O3S/c1-20-11(19)6-7(16)9(8(18)5-2-3-5)21-10(6)17-4-12(13,14)15/h5,17H,2-4,16H2,1H3. The fourth-order valence-corrected chi connectivity index (χ4v) is 2.89. The second kappa shape index (κ2) is 5.55. The first-order chi connectivity index (χ1) is 9.74. The van der Waals surface area contributed by atoms with Gasteiger partial charge >= 0.3 is 12.1 Å². The maximum atomic E-state index is 12.3. The van der Waals surface area contributed by atoms with Gasteiger partial charge in [0.1, 0.15) is 17.1 Å². The van der Waals surface area contributed by atoms with Gasteiger partial charge in [0.05, 0.1) is 17.7 Å². The van der Waals surface area contributed by atoms with Crippen LogP contribution in [0.15, 0.2) is 0 Å². The minimum Gasteiger partial charge on any atom is -0.465 e. The summed E-state index contributed by atoms with van der Waals surface area (Å²) in [4.78, 5) is 23.8. The van der Waals surface area contributed by atoms with Crippen LogP contribution >= 0.6 is 11.3 Å². The number of nitrogens with one attached hydrogen (secondary N) is 1. The number of Topliss-reactive ketones (excluding diaryl/α,β-unsaturated/α-hetero) is 1. The highest BCUT2D eigenvalue weighted by atomic mass is 32.1. The fraction of sp³-hybridized carbons (Fsp3) is 0.500. The summed E-state index contributed by atoms with van der Waals surface area (Å²) in [6.45, 7) is -1.33. The van der Waals surface area contributed by atoms with Gasteiger partial charge in [0.25, 0.3) is 0 Å². The molecule has 1 aromatic heterocycles. The third-order valence-corrected chi connectivity index (χ3v) is 4.13. The number of hydrogen-bond acceptors (Lipinski definition) is 6. The van der Waals surface area contributed by atoms with Crippen LogP contribution in [0.5, 0.6) is 0 Å². The molecule has 1 aliphatic rings. The number of carbonyl (C=O) groups is 2. The number of nitrogen functional groups attached to an aromatic ring is 1. The Hall–Kier alpha value is -1.77. The van der Waals surface area contributed by atoms with Gasteiger partial charge in [-0.25, -0.2) is 4.79 Å². The Kier molecular flexibility index (Phi) is 4.13. The predicted octanol–water partition coefficient (Wildman–Crippen LogP) is 2.68. The van der Waals surface area contributed by atoms with Gasteiger partial charge in [-0.2, -0.15) is 13.2 Å². The highest BCUT2D eigenvalue weighted by molar-refractivity contribution is 7.19. The molecular weight excluding hydrogens is 309 g/mol. The second-order valence-corrected chi connectivity index (χ2v) is 5.67. The lowest BCUT2D eigenvalue weighted by Crippen LogP contribution is -2.22. The van der Waals surface area contributed by atoms with Crippen molar-refractivity contribution in [2.45, 2.75) is 19.0 Å². The van der Waals surface area contributed by atoms with E-state index in [1.807, 2.05) is 0 Å². The van der Waals surface area contributed by atoms with Crippen molar-refractivity contribution >= 4 is 33.8 Å². The van der Waals surface area contributed by atoms with Gasteiger partial charge in [-0.05, 0) is 12.8 Å². The van der Waals surface area contributed by atoms with Crippen molar-refractivity contribution in [1.82, 2.24) is 0 Å². The van der Waals surface area contributed by atoms with Crippen LogP contribution in [0, 0.1) is 5.92 Å². The summed E-state index contributed by atoms with van der Waals surface area (Å²) in [5.41, 5.74) is 5.42. The number of esters is 1. The fourth-order valence-electron chi connectivity index (χ4n) is 1.77. The largest absolute Gasteiger partial charge is 0.465 e. The zero-order valence-electron chi connectivity index (χ0n) is 11.0. The lowest BCUT2D eigenvalue weighted by molar-refractivity contribution is -0.115. The van der Waals surface area contributed by atoms with Gasteiger partial charge in [-0.15, -0.1) is 11.3 Å². The lowest BCUT2D eigenvalue weighted by Gasteiger charge is -2.09. The van der Waals surface area contributed by atoms with Crippen molar-refractivity contribution < 1.29 is 27.5 Å². The normalized spacial score (nSPS) is 14.9. The molecule has 1 aromatic rings. The van der Waals surface area contributed by atoms with E-state index < -0.39 is 18.7 Å². The lowest BCUT2D eigenvalue weighted by atomic mass is 10.1. The Morgan fingerprint density at radius 1 is 1.43 bits per heavy atom. The number of anilines is 2. The number of thiophene rings is 1. The molecule has 1 fully saturated rings. The smallest absolute Gasteiger partial charge is 0.405 e. The average Bonchev–Trinajstić information content (AvgIpc) is 3.19. The molecule has 5 nitrogen and oxygen atoms in total. The zero-order valence-corrected chi connectivity index (χ0v) is 11.9. The molecule has 1 aliphatic carbocycles. The summed E-state index contributed by atoms with van der Waals surface area (Å²) in [5, 5.41) is 2.01. The molecule has 3 N–H and O–H groups in total. The van der Waals surface area contributed by atoms with E-state index in [2.05, 4.69) is 10.1 Å². The van der Waals surface area contributed by atoms with Gasteiger partial charge in [-0.3, -0.25) is 4.79 Å². The molecule has 0 aliphatic heterocycles. The van der Waals surface area contributed by atoms with Crippen LogP contribution in [0.25, 0.3) is 0 Å². The number of ketones is 1. The molecule has 0 amide bonds. The Labute approximate surface area is 122 Å². The quantitative estimate of drug-likeness (QED) is 0.643. The van der Waals surface area contributed by atoms with Crippen molar-refractivity contribution in [3.8, 4) is 0 Å². The highest BCUT2D eigenvalue weighted by Gasteiger charge is 2.36. The third kappa shape index (κ3) is 3.46. The van der Waals surface area contributed by atoms with E-state index in [4.69, 9.17) is 5.73 Å². The van der Waals surface area contributed by atoms with Gasteiger partial charge in [0.15, 0.2) is 5.78 Å². The van der Waals surface area contributed by atoms with Crippen LogP contribution in [0.3, 0.4) is 0 Å². The number of alkyl halides is 3. The predicted molar refractivity (Wildman–Crippen MR) is 71.7 cm³/mol. The maximum absolute atomic E-state index is 12.3. The van der Waals surface area contributed by atoms with Crippen molar-refractivity contribution in [1.29, 1.82) is 0 Å². The molecule has 0 saturated heterocycles. The molecule has 0 spiro atoms. The van der Waals surface area contributed by atoms with Crippen LogP contribution in [-0.4, -0.2) is 31.6 Å². The first-order valence-corrected chi connectivity index (χ1v) is 6.91. The minimum atomic E-state index is -4.45. The molecule has 0 bridgehead atoms. The number of ether oxygens (including phenoxy) is 1. The van der Waals surface area contributed by atoms with E-state index in [1.165, 1.54) is 0 Å². The molecule has 9 heteroatoms. The Balaban J connectivity index is 2.34. The van der Waals surface area contributed by atoms with Crippen LogP contribution in [0.1, 0.15) is 32.9 Å². The summed E-state index contributed by atoms with van der Waals surface area (Å²) in [6.07, 6.45) is -2.99. The van der Waals surface area contributed by atoms with E-state index in [9.17, 15) is 22.8 Å². The van der Waals surface area contributed by atoms with E-state index in [-0.39, 0.29) is 32.8 Å². The van der Waals surface area contributed by atoms with Crippen LogP contribution in [0.4, 0.5) is 23.9 Å². The summed E-state index contributed by atoms with van der Waals surface area (Å²) in [7, 11) is 1.09. The van der Waals surface area contributed by atoms with Crippen molar-refractivity contribution in [2.24, 2.45) is 5.92 Å². The van der Waals surface area contributed by atoms with E-state index in [0.717, 1.165) is 31.3 Å². The molecular formula is C12H13F3N2O3S. The molecule has 1 saturated carbocycles. The molecule has 0 aromatic carbocycles. The van der Waals surface area contributed by atoms with Crippen LogP contribution in [-0.2, 0) is 4.74 Å². The SMILES string of the molecule is COC(=O)c1c(NCC(F)(F)F)sc(C(=O)C2CC2)c1N. The van der Waals surface area contributed by atoms with E-state index >= 15 is 0 Å². The highest BCUT2D eigenvalue weighted by Crippen LogP contribution is 2.42. The first kappa shape index (κ1) is 15.6. The van der Waals surface area contributed by atoms with Crippen molar-refractivity contribution in [3.05, 3.63) is 10.4 Å². The Morgan fingerprint density at radius 2 is 2.05 bits per heavy atom. The monoisotopic (exact) mass is 322 g/mol. The number of rotatable bonds is 5. The van der Waals surface area contributed by atoms with Gasteiger partial charge in [0, 0.05) is 5.92 Å². The number of methoxy groups -OCH3 is 1. The van der Waals surface area contributed by atoms with Gasteiger partial charge in [0.2, 0.25) is 0 Å². The summed E-state index contributed by atoms with van der Waals surface area (Å²) in [5.74, 6) is -1.25. The second-order valence-electron chi connectivity index (χ2n) is 4.65. The zero-order chi connectivity index (χ0) is 15.8. The van der Waals surface area contributed by atoms with Gasteiger partial charge < -0.3 is 15.8 Å². The summed E-state index contributed by atoms with van der Waals surface area (Å²) in [6, 6.07) is 0. The molecule has 21 heavy (non-hydrogen) atoms. The molecule has 0 radical (unpaired) electrons. The summed E-state index contributed by atoms with van der Waals surface area (Å²) < 4.78 is 41.4. The number of carbonyl (C=O) groups excluding carboxylic acids is 2. The van der Waals surface area contributed by atoms with Crippen LogP contribution in [0.2, 0.25) is 0 Å². The number of nitrogens with two attached hydrogens (primary N) is 1. The Bertz CT molecular complexity index is 579. The number of halogens is 3. The molecule has 116 valence electrons. The van der Waals surface area contributed by atoms with E-state index in [1.54, 1.807) is 0 Å². The van der Waals surface area contributed by atoms with Crippen molar-refractivity contribution in [2.75, 3.05) is 24.7 Å². The van der Waals surface area contributed by atoms with Gasteiger partial charge in [-0.1, -0.05) is 0 Å². The maximum Gasteiger partial charge on any atom is 0.405 e. The average molecular weight is 322 g/mol. The topological polar surface area (TPSA) is 81.4 Å². The van der Waals surface area contributed by atoms with Crippen molar-refractivity contribution in [3.63, 3.8) is 0 Å². The first-order valence-electron chi connectivity index (χ1n) is 6.10. The van der Waals surface area contributed by atoms with E-state index in [0.29, 0.717) is 0 Å². The number of hydrogen-bond donors (Lipinski definition) is 2. The summed E-state index contributed by atoms with van der Waals surface area (Å²) >= 11 is 0.760. The Morgan fingerprint density at radius 3 is 2.52 bits per heavy atom.